The number of benzene rings is 1. The van der Waals surface area contributed by atoms with Gasteiger partial charge < -0.3 is 19.7 Å². The first-order valence-corrected chi connectivity index (χ1v) is 8.74. The summed E-state index contributed by atoms with van der Waals surface area (Å²) < 4.78 is 11.0. The molecule has 1 aliphatic heterocycles. The molecule has 24 heavy (non-hydrogen) atoms. The molecule has 5 nitrogen and oxygen atoms in total. The minimum Gasteiger partial charge on any atom is -0.496 e. The zero-order valence-electron chi connectivity index (χ0n) is 15.2. The molecule has 1 saturated carbocycles. The van der Waals surface area contributed by atoms with Crippen molar-refractivity contribution >= 4 is 5.96 Å². The van der Waals surface area contributed by atoms with E-state index >= 15 is 0 Å². The van der Waals surface area contributed by atoms with Gasteiger partial charge in [0, 0.05) is 50.2 Å². The third-order valence-electron chi connectivity index (χ3n) is 5.39. The first kappa shape index (κ1) is 17.1. The largest absolute Gasteiger partial charge is 0.496 e. The molecular formula is C19H29N3O2. The molecular weight excluding hydrogens is 302 g/mol. The molecule has 1 heterocycles. The number of methoxy groups -OCH3 is 1. The van der Waals surface area contributed by atoms with Gasteiger partial charge in [-0.05, 0) is 18.9 Å². The summed E-state index contributed by atoms with van der Waals surface area (Å²) in [6.07, 6.45) is 2.23. The lowest BCUT2D eigenvalue weighted by Crippen LogP contribution is -2.43. The number of nitrogens with zero attached hydrogens (tertiary/aromatic N) is 2. The van der Waals surface area contributed by atoms with Crippen molar-refractivity contribution in [1.29, 1.82) is 0 Å². The van der Waals surface area contributed by atoms with Crippen molar-refractivity contribution in [2.24, 2.45) is 10.9 Å². The van der Waals surface area contributed by atoms with Crippen molar-refractivity contribution in [2.75, 3.05) is 41.0 Å². The van der Waals surface area contributed by atoms with Crippen LogP contribution in [-0.4, -0.2) is 57.9 Å². The quantitative estimate of drug-likeness (QED) is 0.664. The summed E-state index contributed by atoms with van der Waals surface area (Å²) in [6, 6.07) is 8.70. The van der Waals surface area contributed by atoms with Gasteiger partial charge in [-0.25, -0.2) is 0 Å². The lowest BCUT2D eigenvalue weighted by molar-refractivity contribution is 0.181. The third kappa shape index (κ3) is 3.36. The van der Waals surface area contributed by atoms with Crippen molar-refractivity contribution in [3.63, 3.8) is 0 Å². The maximum Gasteiger partial charge on any atom is 0.193 e. The fourth-order valence-corrected chi connectivity index (χ4v) is 3.69. The van der Waals surface area contributed by atoms with Crippen LogP contribution in [0.2, 0.25) is 0 Å². The Morgan fingerprint density at radius 1 is 1.46 bits per heavy atom. The zero-order chi connectivity index (χ0) is 17.2. The lowest BCUT2D eigenvalue weighted by atomic mass is 9.96. The predicted molar refractivity (Wildman–Crippen MR) is 96.8 cm³/mol. The summed E-state index contributed by atoms with van der Waals surface area (Å²) in [5.74, 6) is 2.54. The molecule has 1 N–H and O–H groups in total. The first-order valence-electron chi connectivity index (χ1n) is 8.74. The van der Waals surface area contributed by atoms with Crippen LogP contribution >= 0.6 is 0 Å². The van der Waals surface area contributed by atoms with E-state index in [9.17, 15) is 0 Å². The van der Waals surface area contributed by atoms with Crippen LogP contribution in [0.4, 0.5) is 0 Å². The topological polar surface area (TPSA) is 46.1 Å². The normalized spacial score (nSPS) is 29.4. The fraction of sp³-hybridized carbons (Fsp3) is 0.632. The summed E-state index contributed by atoms with van der Waals surface area (Å²) >= 11 is 0. The molecule has 1 aromatic rings. The number of hydrogen-bond donors (Lipinski definition) is 1. The van der Waals surface area contributed by atoms with Gasteiger partial charge in [-0.3, -0.25) is 4.99 Å². The summed E-state index contributed by atoms with van der Waals surface area (Å²) in [5, 5.41) is 3.63. The SMILES string of the molecule is CN=C(NC1CC1(C)c1ccccc1OC)N(C)CC1CCOC1. The Balaban J connectivity index is 1.63. The highest BCUT2D eigenvalue weighted by atomic mass is 16.5. The molecule has 0 bridgehead atoms. The van der Waals surface area contributed by atoms with Crippen LogP contribution in [0.5, 0.6) is 5.75 Å². The molecule has 1 saturated heterocycles. The third-order valence-corrected chi connectivity index (χ3v) is 5.39. The van der Waals surface area contributed by atoms with E-state index in [0.29, 0.717) is 12.0 Å². The second kappa shape index (κ2) is 7.01. The van der Waals surface area contributed by atoms with E-state index in [2.05, 4.69) is 41.3 Å². The molecule has 3 rings (SSSR count). The summed E-state index contributed by atoms with van der Waals surface area (Å²) in [4.78, 5) is 6.69. The molecule has 3 unspecified atom stereocenters. The monoisotopic (exact) mass is 331 g/mol. The van der Waals surface area contributed by atoms with Gasteiger partial charge in [-0.15, -0.1) is 0 Å². The van der Waals surface area contributed by atoms with E-state index < -0.39 is 0 Å². The predicted octanol–water partition coefficient (Wildman–Crippen LogP) is 2.27. The average molecular weight is 331 g/mol. The van der Waals surface area contributed by atoms with Crippen molar-refractivity contribution < 1.29 is 9.47 Å². The van der Waals surface area contributed by atoms with Crippen molar-refractivity contribution in [2.45, 2.75) is 31.2 Å². The molecule has 0 radical (unpaired) electrons. The minimum absolute atomic E-state index is 0.0971. The number of guanidine groups is 1. The summed E-state index contributed by atoms with van der Waals surface area (Å²) in [7, 11) is 5.70. The first-order chi connectivity index (χ1) is 11.6. The maximum absolute atomic E-state index is 5.55. The molecule has 1 aromatic carbocycles. The van der Waals surface area contributed by atoms with Crippen molar-refractivity contribution in [3.05, 3.63) is 29.8 Å². The van der Waals surface area contributed by atoms with Crippen LogP contribution < -0.4 is 10.1 Å². The smallest absolute Gasteiger partial charge is 0.193 e. The highest BCUT2D eigenvalue weighted by Gasteiger charge is 2.53. The standard InChI is InChI=1S/C19H29N3O2/c1-19(15-7-5-6-8-16(15)23-4)11-17(19)21-18(20-2)22(3)12-14-9-10-24-13-14/h5-8,14,17H,9-13H2,1-4H3,(H,20,21). The van der Waals surface area contributed by atoms with E-state index in [1.54, 1.807) is 7.11 Å². The molecule has 0 amide bonds. The minimum atomic E-state index is 0.0971. The van der Waals surface area contributed by atoms with E-state index in [1.807, 2.05) is 19.2 Å². The highest BCUT2D eigenvalue weighted by Crippen LogP contribution is 2.51. The summed E-state index contributed by atoms with van der Waals surface area (Å²) in [6.45, 7) is 5.03. The Morgan fingerprint density at radius 2 is 2.25 bits per heavy atom. The Kier molecular flexibility index (Phi) is 4.99. The van der Waals surface area contributed by atoms with Gasteiger partial charge in [0.05, 0.1) is 13.7 Å². The van der Waals surface area contributed by atoms with Gasteiger partial charge in [-0.2, -0.15) is 0 Å². The van der Waals surface area contributed by atoms with Crippen LogP contribution in [0, 0.1) is 5.92 Å². The fourth-order valence-electron chi connectivity index (χ4n) is 3.69. The van der Waals surface area contributed by atoms with E-state index in [4.69, 9.17) is 9.47 Å². The highest BCUT2D eigenvalue weighted by molar-refractivity contribution is 5.80. The number of nitrogens with one attached hydrogen (secondary N) is 1. The number of rotatable bonds is 5. The Bertz CT molecular complexity index is 598. The Labute approximate surface area is 145 Å². The Hall–Kier alpha value is -1.75. The van der Waals surface area contributed by atoms with Gasteiger partial charge in [-0.1, -0.05) is 25.1 Å². The molecule has 5 heteroatoms. The van der Waals surface area contributed by atoms with Crippen LogP contribution in [0.15, 0.2) is 29.3 Å². The van der Waals surface area contributed by atoms with Crippen molar-refractivity contribution in [1.82, 2.24) is 10.2 Å². The number of para-hydroxylation sites is 1. The zero-order valence-corrected chi connectivity index (χ0v) is 15.2. The molecule has 0 spiro atoms. The number of ether oxygens (including phenoxy) is 2. The maximum atomic E-state index is 5.55. The van der Waals surface area contributed by atoms with Crippen LogP contribution in [0.25, 0.3) is 0 Å². The van der Waals surface area contributed by atoms with Gasteiger partial charge in [0.15, 0.2) is 5.96 Å². The van der Waals surface area contributed by atoms with Crippen LogP contribution in [0.1, 0.15) is 25.3 Å². The Morgan fingerprint density at radius 3 is 2.92 bits per heavy atom. The number of hydrogen-bond acceptors (Lipinski definition) is 3. The molecule has 1 aliphatic carbocycles. The van der Waals surface area contributed by atoms with Crippen molar-refractivity contribution in [3.8, 4) is 5.75 Å². The van der Waals surface area contributed by atoms with Gasteiger partial charge >= 0.3 is 0 Å². The van der Waals surface area contributed by atoms with Gasteiger partial charge in [0.1, 0.15) is 5.75 Å². The van der Waals surface area contributed by atoms with Crippen LogP contribution in [0.3, 0.4) is 0 Å². The lowest BCUT2D eigenvalue weighted by Gasteiger charge is -2.25. The van der Waals surface area contributed by atoms with E-state index in [1.165, 1.54) is 5.56 Å². The summed E-state index contributed by atoms with van der Waals surface area (Å²) in [5.41, 5.74) is 1.37. The second-order valence-electron chi connectivity index (χ2n) is 7.18. The van der Waals surface area contributed by atoms with Gasteiger partial charge in [0.25, 0.3) is 0 Å². The average Bonchev–Trinajstić information content (AvgIpc) is 2.99. The number of aliphatic imine (C=N–C) groups is 1. The molecule has 0 aromatic heterocycles. The van der Waals surface area contributed by atoms with E-state index in [-0.39, 0.29) is 5.41 Å². The molecule has 2 fully saturated rings. The second-order valence-corrected chi connectivity index (χ2v) is 7.18. The van der Waals surface area contributed by atoms with Gasteiger partial charge in [0.2, 0.25) is 0 Å². The van der Waals surface area contributed by atoms with Crippen LogP contribution in [-0.2, 0) is 10.2 Å². The molecule has 132 valence electrons. The molecule has 3 atom stereocenters. The van der Waals surface area contributed by atoms with E-state index in [0.717, 1.165) is 44.3 Å². The molecule has 2 aliphatic rings.